The number of nitrogens with two attached hydrogens (primary N) is 1. The first-order valence-electron chi connectivity index (χ1n) is 6.02. The number of aromatic nitrogens is 4. The van der Waals surface area contributed by atoms with Crippen LogP contribution >= 0.6 is 11.8 Å². The van der Waals surface area contributed by atoms with Gasteiger partial charge >= 0.3 is 0 Å². The van der Waals surface area contributed by atoms with Gasteiger partial charge in [0.25, 0.3) is 0 Å². The van der Waals surface area contributed by atoms with Gasteiger partial charge in [0, 0.05) is 18.5 Å². The molecule has 2 N–H and O–H groups in total. The largest absolute Gasteiger partial charge is 0.324 e. The minimum Gasteiger partial charge on any atom is -0.324 e. The van der Waals surface area contributed by atoms with E-state index in [1.807, 2.05) is 22.9 Å². The van der Waals surface area contributed by atoms with Crippen LogP contribution < -0.4 is 5.73 Å². The quantitative estimate of drug-likeness (QED) is 0.644. The van der Waals surface area contributed by atoms with Gasteiger partial charge in [0.05, 0.1) is 12.2 Å². The third kappa shape index (κ3) is 3.21. The highest BCUT2D eigenvalue weighted by Gasteiger charge is 2.11. The van der Waals surface area contributed by atoms with Gasteiger partial charge in [0.1, 0.15) is 5.82 Å². The molecule has 2 rings (SSSR count). The number of thioether (sulfide) groups is 1. The second-order valence-electron chi connectivity index (χ2n) is 4.06. The lowest BCUT2D eigenvalue weighted by Gasteiger charge is -2.07. The van der Waals surface area contributed by atoms with Crippen LogP contribution in [0.3, 0.4) is 0 Å². The highest BCUT2D eigenvalue weighted by Crippen LogP contribution is 2.22. The smallest absolute Gasteiger partial charge is 0.191 e. The van der Waals surface area contributed by atoms with Crippen LogP contribution in [0, 0.1) is 6.92 Å². The molecule has 2 heterocycles. The SMILES string of the molecule is C=CCn1c(CN)nnc1SCc1ncccc1C. The summed E-state index contributed by atoms with van der Waals surface area (Å²) in [5, 5.41) is 9.11. The molecule has 0 saturated carbocycles. The zero-order valence-electron chi connectivity index (χ0n) is 10.9. The molecule has 0 bridgehead atoms. The molecule has 19 heavy (non-hydrogen) atoms. The molecule has 0 aromatic carbocycles. The first kappa shape index (κ1) is 13.8. The van der Waals surface area contributed by atoms with Crippen molar-refractivity contribution in [3.63, 3.8) is 0 Å². The molecular formula is C13H17N5S. The van der Waals surface area contributed by atoms with E-state index in [1.54, 1.807) is 11.8 Å². The van der Waals surface area contributed by atoms with Crippen molar-refractivity contribution in [2.45, 2.75) is 30.9 Å². The Morgan fingerprint density at radius 1 is 1.47 bits per heavy atom. The highest BCUT2D eigenvalue weighted by molar-refractivity contribution is 7.98. The maximum Gasteiger partial charge on any atom is 0.191 e. The Hall–Kier alpha value is -1.66. The molecule has 0 saturated heterocycles. The average Bonchev–Trinajstić information content (AvgIpc) is 2.81. The fraction of sp³-hybridized carbons (Fsp3) is 0.308. The summed E-state index contributed by atoms with van der Waals surface area (Å²) in [5.74, 6) is 1.55. The standard InChI is InChI=1S/C13H17N5S/c1-3-7-18-12(8-14)16-17-13(18)19-9-11-10(2)5-4-6-15-11/h3-6H,1,7-9,14H2,2H3. The van der Waals surface area contributed by atoms with Crippen LogP contribution in [0.2, 0.25) is 0 Å². The van der Waals surface area contributed by atoms with Gasteiger partial charge in [0.15, 0.2) is 5.16 Å². The minimum absolute atomic E-state index is 0.379. The topological polar surface area (TPSA) is 69.6 Å². The van der Waals surface area contributed by atoms with Gasteiger partial charge in [-0.3, -0.25) is 4.98 Å². The normalized spacial score (nSPS) is 10.6. The monoisotopic (exact) mass is 275 g/mol. The molecule has 0 aliphatic rings. The number of hydrogen-bond donors (Lipinski definition) is 1. The Kier molecular flexibility index (Phi) is 4.70. The highest BCUT2D eigenvalue weighted by atomic mass is 32.2. The van der Waals surface area contributed by atoms with Crippen molar-refractivity contribution >= 4 is 11.8 Å². The molecule has 2 aromatic heterocycles. The van der Waals surface area contributed by atoms with Crippen LogP contribution in [0.4, 0.5) is 0 Å². The number of rotatable bonds is 6. The van der Waals surface area contributed by atoms with Crippen molar-refractivity contribution in [3.8, 4) is 0 Å². The summed E-state index contributed by atoms with van der Waals surface area (Å²) in [6.45, 7) is 6.85. The first-order chi connectivity index (χ1) is 9.26. The molecule has 0 spiro atoms. The Labute approximate surface area is 116 Å². The molecule has 6 heteroatoms. The van der Waals surface area contributed by atoms with Gasteiger partial charge in [-0.25, -0.2) is 0 Å². The van der Waals surface area contributed by atoms with E-state index in [0.717, 1.165) is 22.4 Å². The molecule has 5 nitrogen and oxygen atoms in total. The van der Waals surface area contributed by atoms with Crippen LogP contribution in [0.15, 0.2) is 36.1 Å². The molecule has 0 amide bonds. The first-order valence-corrected chi connectivity index (χ1v) is 7.01. The fourth-order valence-corrected chi connectivity index (χ4v) is 2.69. The number of allylic oxidation sites excluding steroid dienone is 1. The molecule has 0 aliphatic carbocycles. The number of nitrogens with zero attached hydrogens (tertiary/aromatic N) is 4. The van der Waals surface area contributed by atoms with Crippen LogP contribution in [-0.4, -0.2) is 19.7 Å². The van der Waals surface area contributed by atoms with Crippen LogP contribution in [0.25, 0.3) is 0 Å². The van der Waals surface area contributed by atoms with E-state index in [1.165, 1.54) is 5.56 Å². The van der Waals surface area contributed by atoms with Gasteiger partial charge in [-0.15, -0.1) is 16.8 Å². The summed E-state index contributed by atoms with van der Waals surface area (Å²) in [7, 11) is 0. The molecule has 0 unspecified atom stereocenters. The van der Waals surface area contributed by atoms with Gasteiger partial charge in [-0.05, 0) is 18.6 Å². The van der Waals surface area contributed by atoms with Crippen molar-refractivity contribution in [2.24, 2.45) is 5.73 Å². The van der Waals surface area contributed by atoms with E-state index < -0.39 is 0 Å². The van der Waals surface area contributed by atoms with E-state index in [4.69, 9.17) is 5.73 Å². The molecule has 100 valence electrons. The summed E-state index contributed by atoms with van der Waals surface area (Å²) in [6, 6.07) is 4.00. The zero-order chi connectivity index (χ0) is 13.7. The van der Waals surface area contributed by atoms with Crippen LogP contribution in [0.1, 0.15) is 17.1 Å². The van der Waals surface area contributed by atoms with Gasteiger partial charge in [0.2, 0.25) is 0 Å². The fourth-order valence-electron chi connectivity index (χ4n) is 1.69. The maximum atomic E-state index is 5.65. The molecule has 2 aromatic rings. The second-order valence-corrected chi connectivity index (χ2v) is 5.00. The Balaban J connectivity index is 2.13. The van der Waals surface area contributed by atoms with E-state index in [0.29, 0.717) is 13.1 Å². The lowest BCUT2D eigenvalue weighted by Crippen LogP contribution is -2.08. The maximum absolute atomic E-state index is 5.65. The molecule has 0 atom stereocenters. The van der Waals surface area contributed by atoms with Crippen molar-refractivity contribution in [2.75, 3.05) is 0 Å². The Bertz CT molecular complexity index is 564. The van der Waals surface area contributed by atoms with E-state index in [9.17, 15) is 0 Å². The molecule has 0 fully saturated rings. The molecule has 0 radical (unpaired) electrons. The summed E-state index contributed by atoms with van der Waals surface area (Å²) >= 11 is 1.61. The predicted molar refractivity (Wildman–Crippen MR) is 76.6 cm³/mol. The summed E-state index contributed by atoms with van der Waals surface area (Å²) in [6.07, 6.45) is 3.63. The van der Waals surface area contributed by atoms with Crippen LogP contribution in [-0.2, 0) is 18.8 Å². The third-order valence-electron chi connectivity index (χ3n) is 2.74. The Morgan fingerprint density at radius 3 is 3.00 bits per heavy atom. The van der Waals surface area contributed by atoms with Gasteiger partial charge in [-0.1, -0.05) is 23.9 Å². The van der Waals surface area contributed by atoms with Crippen LogP contribution in [0.5, 0.6) is 0 Å². The number of aryl methyl sites for hydroxylation is 1. The number of pyridine rings is 1. The van der Waals surface area contributed by atoms with E-state index >= 15 is 0 Å². The van der Waals surface area contributed by atoms with Gasteiger partial charge in [-0.2, -0.15) is 0 Å². The minimum atomic E-state index is 0.379. The van der Waals surface area contributed by atoms with E-state index in [-0.39, 0.29) is 0 Å². The number of hydrogen-bond acceptors (Lipinski definition) is 5. The predicted octanol–water partition coefficient (Wildman–Crippen LogP) is 1.92. The lowest BCUT2D eigenvalue weighted by atomic mass is 10.2. The second kappa shape index (κ2) is 6.49. The summed E-state index contributed by atoms with van der Waals surface area (Å²) in [4.78, 5) is 4.37. The van der Waals surface area contributed by atoms with Crippen molar-refractivity contribution in [1.29, 1.82) is 0 Å². The molecule has 0 aliphatic heterocycles. The summed E-state index contributed by atoms with van der Waals surface area (Å²) < 4.78 is 1.98. The summed E-state index contributed by atoms with van der Waals surface area (Å²) in [5.41, 5.74) is 7.90. The average molecular weight is 275 g/mol. The van der Waals surface area contributed by atoms with E-state index in [2.05, 4.69) is 34.8 Å². The lowest BCUT2D eigenvalue weighted by molar-refractivity contribution is 0.680. The molecular weight excluding hydrogens is 258 g/mol. The van der Waals surface area contributed by atoms with Crippen molar-refractivity contribution in [1.82, 2.24) is 19.7 Å². The van der Waals surface area contributed by atoms with Crippen molar-refractivity contribution < 1.29 is 0 Å². The third-order valence-corrected chi connectivity index (χ3v) is 3.72. The van der Waals surface area contributed by atoms with Crippen molar-refractivity contribution in [3.05, 3.63) is 48.1 Å². The Morgan fingerprint density at radius 2 is 2.32 bits per heavy atom. The van der Waals surface area contributed by atoms with Gasteiger partial charge < -0.3 is 10.3 Å². The zero-order valence-corrected chi connectivity index (χ0v) is 11.7.